The third-order valence-corrected chi connectivity index (χ3v) is 8.63. The van der Waals surface area contributed by atoms with E-state index in [4.69, 9.17) is 9.47 Å². The van der Waals surface area contributed by atoms with Crippen molar-refractivity contribution in [2.75, 3.05) is 7.11 Å². The Morgan fingerprint density at radius 2 is 1.73 bits per heavy atom. The largest absolute Gasteiger partial charge is 0.485 e. The minimum Gasteiger partial charge on any atom is -0.485 e. The zero-order valence-electron chi connectivity index (χ0n) is 21.8. The zero-order valence-corrected chi connectivity index (χ0v) is 22.6. The Labute approximate surface area is 218 Å². The molecule has 37 heavy (non-hydrogen) atoms. The number of hydrogen-bond acceptors (Lipinski definition) is 6. The first-order chi connectivity index (χ1) is 17.5. The summed E-state index contributed by atoms with van der Waals surface area (Å²) in [5, 5.41) is 11.6. The fraction of sp³-hybridized carbons (Fsp3) is 0.345. The van der Waals surface area contributed by atoms with E-state index in [1.807, 2.05) is 37.3 Å². The molecule has 3 aromatic rings. The summed E-state index contributed by atoms with van der Waals surface area (Å²) < 4.78 is 40.7. The molecule has 0 aliphatic carbocycles. The van der Waals surface area contributed by atoms with Gasteiger partial charge < -0.3 is 14.6 Å². The summed E-state index contributed by atoms with van der Waals surface area (Å²) in [7, 11) is -2.82. The van der Waals surface area contributed by atoms with Crippen LogP contribution in [-0.2, 0) is 27.7 Å². The molecule has 0 spiro atoms. The molecular formula is C29H33NO6S. The van der Waals surface area contributed by atoms with Gasteiger partial charge in [-0.2, -0.15) is 4.31 Å². The van der Waals surface area contributed by atoms with Gasteiger partial charge in [0.05, 0.1) is 23.6 Å². The van der Waals surface area contributed by atoms with Crippen molar-refractivity contribution in [1.82, 2.24) is 4.31 Å². The molecule has 2 unspecified atom stereocenters. The summed E-state index contributed by atoms with van der Waals surface area (Å²) >= 11 is 0. The minimum absolute atomic E-state index is 0.0139. The lowest BCUT2D eigenvalue weighted by Gasteiger charge is -2.45. The third-order valence-electron chi connectivity index (χ3n) is 6.81. The Bertz CT molecular complexity index is 1400. The summed E-state index contributed by atoms with van der Waals surface area (Å²) in [4.78, 5) is 12.5. The summed E-state index contributed by atoms with van der Waals surface area (Å²) in [6, 6.07) is 18.2. The van der Waals surface area contributed by atoms with Crippen molar-refractivity contribution in [3.63, 3.8) is 0 Å². The number of aryl methyl sites for hydroxylation is 2. The Balaban J connectivity index is 1.93. The molecule has 7 nitrogen and oxygen atoms in total. The quantitative estimate of drug-likeness (QED) is 0.447. The average molecular weight is 524 g/mol. The summed E-state index contributed by atoms with van der Waals surface area (Å²) in [6.07, 6.45) is -0.371. The van der Waals surface area contributed by atoms with Gasteiger partial charge in [-0.25, -0.2) is 13.2 Å². The second-order valence-corrected chi connectivity index (χ2v) is 11.8. The van der Waals surface area contributed by atoms with E-state index >= 15 is 0 Å². The number of ether oxygens (including phenoxy) is 2. The van der Waals surface area contributed by atoms with Gasteiger partial charge in [0.1, 0.15) is 17.5 Å². The number of aliphatic hydroxyl groups excluding tert-OH is 1. The number of methoxy groups -OCH3 is 1. The number of esters is 1. The SMILES string of the molecule is CCc1ccc(CN(C2c3cc(C(=O)OC)ccc3OC(C)(C)C2O)S(=O)(=O)c2cccc(C)c2)cc1. The Morgan fingerprint density at radius 3 is 2.35 bits per heavy atom. The molecule has 0 saturated heterocycles. The topological polar surface area (TPSA) is 93.1 Å². The van der Waals surface area contributed by atoms with Gasteiger partial charge in [-0.3, -0.25) is 0 Å². The van der Waals surface area contributed by atoms with Gasteiger partial charge in [0.15, 0.2) is 0 Å². The lowest BCUT2D eigenvalue weighted by molar-refractivity contribution is -0.0802. The lowest BCUT2D eigenvalue weighted by Crippen LogP contribution is -2.54. The van der Waals surface area contributed by atoms with Crippen LogP contribution in [0, 0.1) is 6.92 Å². The van der Waals surface area contributed by atoms with Crippen molar-refractivity contribution in [3.05, 3.63) is 94.5 Å². The molecule has 0 saturated carbocycles. The molecule has 4 rings (SSSR count). The highest BCUT2D eigenvalue weighted by Gasteiger charge is 2.49. The van der Waals surface area contributed by atoms with Gasteiger partial charge in [0.25, 0.3) is 0 Å². The van der Waals surface area contributed by atoms with Crippen molar-refractivity contribution in [1.29, 1.82) is 0 Å². The average Bonchev–Trinajstić information content (AvgIpc) is 2.88. The molecule has 0 aromatic heterocycles. The Kier molecular flexibility index (Phi) is 7.46. The number of aliphatic hydroxyl groups is 1. The van der Waals surface area contributed by atoms with Crippen LogP contribution in [0.5, 0.6) is 5.75 Å². The van der Waals surface area contributed by atoms with E-state index < -0.39 is 33.7 Å². The van der Waals surface area contributed by atoms with Gasteiger partial charge in [-0.05, 0) is 74.2 Å². The van der Waals surface area contributed by atoms with E-state index in [0.717, 1.165) is 23.1 Å². The van der Waals surface area contributed by atoms with Gasteiger partial charge in [0.2, 0.25) is 10.0 Å². The van der Waals surface area contributed by atoms with E-state index in [2.05, 4.69) is 6.92 Å². The van der Waals surface area contributed by atoms with Crippen molar-refractivity contribution in [2.45, 2.75) is 63.3 Å². The Hall–Kier alpha value is -3.20. The van der Waals surface area contributed by atoms with Gasteiger partial charge in [-0.15, -0.1) is 0 Å². The molecule has 2 atom stereocenters. The molecular weight excluding hydrogens is 490 g/mol. The molecule has 0 bridgehead atoms. The molecule has 1 heterocycles. The smallest absolute Gasteiger partial charge is 0.337 e. The molecule has 1 aliphatic heterocycles. The van der Waals surface area contributed by atoms with Gasteiger partial charge in [-0.1, -0.05) is 43.3 Å². The van der Waals surface area contributed by atoms with Crippen molar-refractivity contribution < 1.29 is 27.8 Å². The van der Waals surface area contributed by atoms with Crippen LogP contribution in [0.2, 0.25) is 0 Å². The second kappa shape index (κ2) is 10.3. The molecule has 3 aromatic carbocycles. The van der Waals surface area contributed by atoms with Crippen LogP contribution in [0.1, 0.15) is 59.4 Å². The van der Waals surface area contributed by atoms with Crippen LogP contribution >= 0.6 is 0 Å². The molecule has 0 amide bonds. The fourth-order valence-electron chi connectivity index (χ4n) is 4.63. The normalized spacial score (nSPS) is 18.7. The molecule has 0 fully saturated rings. The molecule has 0 radical (unpaired) electrons. The molecule has 1 N–H and O–H groups in total. The summed E-state index contributed by atoms with van der Waals surface area (Å²) in [6.45, 7) is 7.33. The second-order valence-electron chi connectivity index (χ2n) is 9.88. The zero-order chi connectivity index (χ0) is 27.0. The van der Waals surface area contributed by atoms with Gasteiger partial charge >= 0.3 is 5.97 Å². The maximum atomic E-state index is 14.2. The number of hydrogen-bond donors (Lipinski definition) is 1. The number of benzene rings is 3. The number of nitrogens with zero attached hydrogens (tertiary/aromatic N) is 1. The molecule has 8 heteroatoms. The van der Waals surface area contributed by atoms with E-state index in [1.165, 1.54) is 11.4 Å². The number of rotatable bonds is 7. The van der Waals surface area contributed by atoms with Crippen LogP contribution in [-0.4, -0.2) is 42.6 Å². The highest BCUT2D eigenvalue weighted by atomic mass is 32.2. The predicted octanol–water partition coefficient (Wildman–Crippen LogP) is 4.81. The van der Waals surface area contributed by atoms with Gasteiger partial charge in [0, 0.05) is 12.1 Å². The standard InChI is InChI=1S/C29H33NO6S/c1-6-20-10-12-21(13-11-20)18-30(37(33,34)23-9-7-8-19(2)16-23)26-24-17-22(28(32)35-5)14-15-25(24)36-29(3,4)27(26)31/h7-17,26-27,31H,6,18H2,1-5H3. The summed E-state index contributed by atoms with van der Waals surface area (Å²) in [5.74, 6) is -0.164. The predicted molar refractivity (Wildman–Crippen MR) is 141 cm³/mol. The maximum absolute atomic E-state index is 14.2. The maximum Gasteiger partial charge on any atom is 0.337 e. The van der Waals surface area contributed by atoms with Crippen LogP contribution in [0.25, 0.3) is 0 Å². The van der Waals surface area contributed by atoms with E-state index in [0.29, 0.717) is 11.3 Å². The van der Waals surface area contributed by atoms with Crippen LogP contribution in [0.3, 0.4) is 0 Å². The fourth-order valence-corrected chi connectivity index (χ4v) is 6.33. The first-order valence-electron chi connectivity index (χ1n) is 12.2. The first-order valence-corrected chi connectivity index (χ1v) is 13.7. The van der Waals surface area contributed by atoms with Crippen LogP contribution < -0.4 is 4.74 Å². The lowest BCUT2D eigenvalue weighted by atomic mass is 9.85. The van der Waals surface area contributed by atoms with Crippen molar-refractivity contribution in [3.8, 4) is 5.75 Å². The number of carbonyl (C=O) groups is 1. The first kappa shape index (κ1) is 26.9. The monoisotopic (exact) mass is 523 g/mol. The Morgan fingerprint density at radius 1 is 1.05 bits per heavy atom. The molecule has 1 aliphatic rings. The summed E-state index contributed by atoms with van der Waals surface area (Å²) in [5.41, 5.74) is 2.25. The van der Waals surface area contributed by atoms with E-state index in [-0.39, 0.29) is 17.0 Å². The van der Waals surface area contributed by atoms with Crippen LogP contribution in [0.15, 0.2) is 71.6 Å². The third kappa shape index (κ3) is 5.28. The highest BCUT2D eigenvalue weighted by Crippen LogP contribution is 2.45. The molecule has 196 valence electrons. The highest BCUT2D eigenvalue weighted by molar-refractivity contribution is 7.89. The van der Waals surface area contributed by atoms with Crippen LogP contribution in [0.4, 0.5) is 0 Å². The number of sulfonamides is 1. The van der Waals surface area contributed by atoms with Crippen molar-refractivity contribution in [2.24, 2.45) is 0 Å². The number of fused-ring (bicyclic) bond motifs is 1. The van der Waals surface area contributed by atoms with E-state index in [1.54, 1.807) is 50.2 Å². The minimum atomic E-state index is -4.10. The number of carbonyl (C=O) groups excluding carboxylic acids is 1. The van der Waals surface area contributed by atoms with Crippen molar-refractivity contribution >= 4 is 16.0 Å². The van der Waals surface area contributed by atoms with E-state index in [9.17, 15) is 18.3 Å².